The van der Waals surface area contributed by atoms with Crippen molar-refractivity contribution in [1.29, 1.82) is 0 Å². The predicted octanol–water partition coefficient (Wildman–Crippen LogP) is 3.78. The van der Waals surface area contributed by atoms with Crippen molar-refractivity contribution >= 4 is 17.5 Å². The van der Waals surface area contributed by atoms with Crippen molar-refractivity contribution in [2.24, 2.45) is 0 Å². The van der Waals surface area contributed by atoms with E-state index in [1.165, 1.54) is 18.4 Å². The van der Waals surface area contributed by atoms with Crippen molar-refractivity contribution in [2.75, 3.05) is 11.9 Å². The second-order valence-electron chi connectivity index (χ2n) is 6.42. The van der Waals surface area contributed by atoms with Gasteiger partial charge in [0, 0.05) is 18.7 Å². The van der Waals surface area contributed by atoms with Crippen LogP contribution in [0.3, 0.4) is 0 Å². The van der Waals surface area contributed by atoms with Gasteiger partial charge in [-0.1, -0.05) is 30.3 Å². The number of carbonyl (C=O) groups excluding carboxylic acids is 1. The SMILES string of the molecule is O=C(COc1ccccc1)n1nc(-c2ccco2)nc1NCc1cccc([N+](=O)[O-])c1. The number of benzene rings is 2. The molecule has 0 saturated heterocycles. The third kappa shape index (κ3) is 4.75. The average Bonchev–Trinajstić information content (AvgIpc) is 3.47. The molecule has 0 fully saturated rings. The molecule has 2 aromatic carbocycles. The predicted molar refractivity (Wildman–Crippen MR) is 111 cm³/mol. The first-order chi connectivity index (χ1) is 15.1. The van der Waals surface area contributed by atoms with Gasteiger partial charge in [-0.15, -0.1) is 5.10 Å². The summed E-state index contributed by atoms with van der Waals surface area (Å²) in [5.74, 6) is 0.886. The maximum Gasteiger partial charge on any atom is 0.287 e. The summed E-state index contributed by atoms with van der Waals surface area (Å²) in [5, 5.41) is 18.2. The number of non-ortho nitro benzene ring substituents is 1. The number of nitro groups is 1. The van der Waals surface area contributed by atoms with E-state index in [1.807, 2.05) is 6.07 Å². The zero-order valence-electron chi connectivity index (χ0n) is 16.2. The van der Waals surface area contributed by atoms with Gasteiger partial charge in [-0.3, -0.25) is 14.9 Å². The van der Waals surface area contributed by atoms with Crippen LogP contribution in [-0.4, -0.2) is 32.2 Å². The summed E-state index contributed by atoms with van der Waals surface area (Å²) in [6, 6.07) is 18.5. The molecule has 4 aromatic rings. The number of anilines is 1. The number of ether oxygens (including phenoxy) is 1. The van der Waals surface area contributed by atoms with Crippen molar-refractivity contribution in [3.63, 3.8) is 0 Å². The highest BCUT2D eigenvalue weighted by Gasteiger charge is 2.19. The molecule has 0 atom stereocenters. The third-order valence-corrected chi connectivity index (χ3v) is 4.26. The Morgan fingerprint density at radius 3 is 2.71 bits per heavy atom. The number of aromatic nitrogens is 3. The molecule has 0 bridgehead atoms. The molecule has 10 heteroatoms. The topological polar surface area (TPSA) is 125 Å². The zero-order chi connectivity index (χ0) is 21.6. The van der Waals surface area contributed by atoms with Crippen LogP contribution in [0.5, 0.6) is 5.75 Å². The van der Waals surface area contributed by atoms with Crippen LogP contribution in [0.25, 0.3) is 11.6 Å². The number of hydrogen-bond donors (Lipinski definition) is 1. The molecule has 0 aliphatic rings. The Balaban J connectivity index is 1.54. The molecule has 0 aliphatic heterocycles. The summed E-state index contributed by atoms with van der Waals surface area (Å²) in [7, 11) is 0. The highest BCUT2D eigenvalue weighted by atomic mass is 16.6. The molecule has 0 amide bonds. The van der Waals surface area contributed by atoms with Gasteiger partial charge in [-0.05, 0) is 29.8 Å². The normalized spacial score (nSPS) is 10.6. The first-order valence-electron chi connectivity index (χ1n) is 9.29. The fourth-order valence-electron chi connectivity index (χ4n) is 2.79. The van der Waals surface area contributed by atoms with Gasteiger partial charge in [-0.25, -0.2) is 0 Å². The first-order valence-corrected chi connectivity index (χ1v) is 9.29. The smallest absolute Gasteiger partial charge is 0.287 e. The lowest BCUT2D eigenvalue weighted by atomic mass is 10.2. The third-order valence-electron chi connectivity index (χ3n) is 4.26. The standard InChI is InChI=1S/C21H17N5O5/c27-19(14-31-17-8-2-1-3-9-17)25-21(23-20(24-25)18-10-5-11-30-18)22-13-15-6-4-7-16(12-15)26(28)29/h1-12H,13-14H2,(H,22,23,24). The Morgan fingerprint density at radius 1 is 1.13 bits per heavy atom. The molecule has 4 rings (SSSR count). The lowest BCUT2D eigenvalue weighted by Crippen LogP contribution is -2.22. The monoisotopic (exact) mass is 419 g/mol. The molecule has 10 nitrogen and oxygen atoms in total. The fraction of sp³-hybridized carbons (Fsp3) is 0.0952. The van der Waals surface area contributed by atoms with Crippen LogP contribution in [0.4, 0.5) is 11.6 Å². The van der Waals surface area contributed by atoms with Crippen LogP contribution in [-0.2, 0) is 6.54 Å². The van der Waals surface area contributed by atoms with Gasteiger partial charge < -0.3 is 14.5 Å². The van der Waals surface area contributed by atoms with Gasteiger partial charge in [0.1, 0.15) is 5.75 Å². The van der Waals surface area contributed by atoms with E-state index in [2.05, 4.69) is 15.4 Å². The highest BCUT2D eigenvalue weighted by molar-refractivity contribution is 5.82. The Labute approximate surface area is 176 Å². The first kappa shape index (κ1) is 19.8. The number of hydrogen-bond acceptors (Lipinski definition) is 8. The van der Waals surface area contributed by atoms with Crippen LogP contribution in [0.2, 0.25) is 0 Å². The Hall–Kier alpha value is -4.47. The van der Waals surface area contributed by atoms with Crippen LogP contribution in [0, 0.1) is 10.1 Å². The van der Waals surface area contributed by atoms with Crippen LogP contribution in [0.15, 0.2) is 77.4 Å². The number of rotatable bonds is 8. The van der Waals surface area contributed by atoms with Gasteiger partial charge in [0.2, 0.25) is 11.8 Å². The molecule has 1 N–H and O–H groups in total. The van der Waals surface area contributed by atoms with Crippen LogP contribution < -0.4 is 10.1 Å². The molecule has 2 aromatic heterocycles. The van der Waals surface area contributed by atoms with Crippen LogP contribution >= 0.6 is 0 Å². The van der Waals surface area contributed by atoms with E-state index in [0.29, 0.717) is 17.1 Å². The maximum absolute atomic E-state index is 12.8. The summed E-state index contributed by atoms with van der Waals surface area (Å²) in [6.45, 7) is -0.0543. The van der Waals surface area contributed by atoms with E-state index in [4.69, 9.17) is 9.15 Å². The fourth-order valence-corrected chi connectivity index (χ4v) is 2.79. The molecular weight excluding hydrogens is 402 g/mol. The van der Waals surface area contributed by atoms with Crippen molar-refractivity contribution in [3.8, 4) is 17.3 Å². The molecule has 0 spiro atoms. The van der Waals surface area contributed by atoms with Gasteiger partial charge in [0.25, 0.3) is 11.6 Å². The summed E-state index contributed by atoms with van der Waals surface area (Å²) in [5.41, 5.74) is 0.626. The molecule has 0 unspecified atom stereocenters. The molecule has 2 heterocycles. The Bertz CT molecular complexity index is 1190. The largest absolute Gasteiger partial charge is 0.484 e. The molecule has 0 radical (unpaired) electrons. The van der Waals surface area contributed by atoms with E-state index in [9.17, 15) is 14.9 Å². The summed E-state index contributed by atoms with van der Waals surface area (Å²) < 4.78 is 11.9. The quantitative estimate of drug-likeness (QED) is 0.338. The second-order valence-corrected chi connectivity index (χ2v) is 6.42. The minimum atomic E-state index is -0.467. The Morgan fingerprint density at radius 2 is 1.97 bits per heavy atom. The lowest BCUT2D eigenvalue weighted by molar-refractivity contribution is -0.384. The van der Waals surface area contributed by atoms with Crippen molar-refractivity contribution in [2.45, 2.75) is 6.54 Å². The molecular formula is C21H17N5O5. The molecule has 156 valence electrons. The van der Waals surface area contributed by atoms with Crippen LogP contribution in [0.1, 0.15) is 10.4 Å². The van der Waals surface area contributed by atoms with Gasteiger partial charge in [0.15, 0.2) is 12.4 Å². The van der Waals surface area contributed by atoms with E-state index in [-0.39, 0.29) is 30.6 Å². The summed E-state index contributed by atoms with van der Waals surface area (Å²) in [4.78, 5) is 27.6. The van der Waals surface area contributed by atoms with E-state index < -0.39 is 10.8 Å². The second kappa shape index (κ2) is 8.91. The van der Waals surface area contributed by atoms with E-state index in [0.717, 1.165) is 4.68 Å². The van der Waals surface area contributed by atoms with Crippen molar-refractivity contribution in [1.82, 2.24) is 14.8 Å². The average molecular weight is 419 g/mol. The zero-order valence-corrected chi connectivity index (χ0v) is 16.2. The highest BCUT2D eigenvalue weighted by Crippen LogP contribution is 2.20. The number of nitrogens with one attached hydrogen (secondary N) is 1. The number of para-hydroxylation sites is 1. The number of nitro benzene ring substituents is 1. The molecule has 0 saturated carbocycles. The molecule has 31 heavy (non-hydrogen) atoms. The molecule has 0 aliphatic carbocycles. The summed E-state index contributed by atoms with van der Waals surface area (Å²) >= 11 is 0. The summed E-state index contributed by atoms with van der Waals surface area (Å²) in [6.07, 6.45) is 1.48. The van der Waals surface area contributed by atoms with Gasteiger partial charge >= 0.3 is 0 Å². The van der Waals surface area contributed by atoms with E-state index in [1.54, 1.807) is 48.5 Å². The number of nitrogens with zero attached hydrogens (tertiary/aromatic N) is 4. The van der Waals surface area contributed by atoms with Gasteiger partial charge in [0.05, 0.1) is 11.2 Å². The maximum atomic E-state index is 12.8. The number of furan rings is 1. The van der Waals surface area contributed by atoms with Crippen molar-refractivity contribution < 1.29 is 18.9 Å². The van der Waals surface area contributed by atoms with E-state index >= 15 is 0 Å². The minimum absolute atomic E-state index is 0.0237. The minimum Gasteiger partial charge on any atom is -0.484 e. The van der Waals surface area contributed by atoms with Gasteiger partial charge in [-0.2, -0.15) is 9.67 Å². The lowest BCUT2D eigenvalue weighted by Gasteiger charge is -2.08. The van der Waals surface area contributed by atoms with Crippen molar-refractivity contribution in [3.05, 3.63) is 88.7 Å². The Kier molecular flexibility index (Phi) is 5.70. The number of carbonyl (C=O) groups is 1.